The number of hydrogen-bond acceptors (Lipinski definition) is 3. The Hall–Kier alpha value is -2.62. The molecule has 0 heterocycles. The van der Waals surface area contributed by atoms with Crippen LogP contribution in [0.4, 0.5) is 4.39 Å². The van der Waals surface area contributed by atoms with E-state index in [4.69, 9.17) is 9.47 Å². The molecule has 0 saturated heterocycles. The van der Waals surface area contributed by atoms with Crippen LogP contribution in [-0.2, 0) is 0 Å². The third kappa shape index (κ3) is 4.68. The number of halogens is 1. The molecule has 120 valence electrons. The lowest BCUT2D eigenvalue weighted by Crippen LogP contribution is -1.98. The van der Waals surface area contributed by atoms with E-state index in [1.165, 1.54) is 30.3 Å². The second-order valence-electron chi connectivity index (χ2n) is 4.96. The van der Waals surface area contributed by atoms with E-state index >= 15 is 0 Å². The largest absolute Gasteiger partial charge is 0.493 e. The molecule has 0 spiro atoms. The van der Waals surface area contributed by atoms with Gasteiger partial charge in [0.1, 0.15) is 5.82 Å². The summed E-state index contributed by atoms with van der Waals surface area (Å²) in [6, 6.07) is 10.9. The number of hydrogen-bond donors (Lipinski definition) is 0. The molecule has 2 rings (SSSR count). The molecule has 0 saturated carbocycles. The van der Waals surface area contributed by atoms with Crippen LogP contribution in [0.1, 0.15) is 29.3 Å². The van der Waals surface area contributed by atoms with Gasteiger partial charge in [-0.25, -0.2) is 4.39 Å². The van der Waals surface area contributed by atoms with Crippen LogP contribution in [0.15, 0.2) is 48.5 Å². The minimum Gasteiger partial charge on any atom is -0.493 e. The van der Waals surface area contributed by atoms with Crippen LogP contribution < -0.4 is 9.47 Å². The van der Waals surface area contributed by atoms with Crippen molar-refractivity contribution in [3.05, 3.63) is 65.5 Å². The Kier molecular flexibility index (Phi) is 5.92. The topological polar surface area (TPSA) is 35.5 Å². The molecule has 0 radical (unpaired) electrons. The van der Waals surface area contributed by atoms with Gasteiger partial charge in [0.05, 0.1) is 13.7 Å². The number of carbonyl (C=O) groups excluding carboxylic acids is 1. The first-order valence-electron chi connectivity index (χ1n) is 7.43. The molecular weight excluding hydrogens is 295 g/mol. The standard InChI is InChI=1S/C19H19FO3/c1-3-12-23-19-13-14(5-11-18(19)22-2)4-10-17(21)15-6-8-16(20)9-7-15/h4-11,13H,3,12H2,1-2H3. The summed E-state index contributed by atoms with van der Waals surface area (Å²) in [5, 5.41) is 0. The summed E-state index contributed by atoms with van der Waals surface area (Å²) in [7, 11) is 1.59. The number of rotatable bonds is 7. The maximum Gasteiger partial charge on any atom is 0.185 e. The minimum atomic E-state index is -0.363. The van der Waals surface area contributed by atoms with E-state index in [9.17, 15) is 9.18 Å². The summed E-state index contributed by atoms with van der Waals surface area (Å²) in [5.74, 6) is 0.751. The molecule has 0 aliphatic carbocycles. The van der Waals surface area contributed by atoms with E-state index in [1.54, 1.807) is 19.3 Å². The first-order chi connectivity index (χ1) is 11.1. The molecule has 23 heavy (non-hydrogen) atoms. The van der Waals surface area contributed by atoms with E-state index in [1.807, 2.05) is 19.1 Å². The van der Waals surface area contributed by atoms with Crippen molar-refractivity contribution in [3.63, 3.8) is 0 Å². The molecule has 0 unspecified atom stereocenters. The van der Waals surface area contributed by atoms with E-state index in [0.717, 1.165) is 12.0 Å². The summed E-state index contributed by atoms with van der Waals surface area (Å²) >= 11 is 0. The maximum absolute atomic E-state index is 12.9. The monoisotopic (exact) mass is 314 g/mol. The Morgan fingerprint density at radius 2 is 1.87 bits per heavy atom. The van der Waals surface area contributed by atoms with Crippen molar-refractivity contribution in [2.24, 2.45) is 0 Å². The summed E-state index contributed by atoms with van der Waals surface area (Å²) in [4.78, 5) is 12.0. The van der Waals surface area contributed by atoms with Crippen LogP contribution in [0, 0.1) is 5.82 Å². The molecule has 0 aliphatic rings. The summed E-state index contributed by atoms with van der Waals surface area (Å²) in [6.07, 6.45) is 4.05. The van der Waals surface area contributed by atoms with Crippen LogP contribution in [-0.4, -0.2) is 19.5 Å². The fourth-order valence-corrected chi connectivity index (χ4v) is 2.00. The number of carbonyl (C=O) groups is 1. The van der Waals surface area contributed by atoms with Crippen molar-refractivity contribution in [3.8, 4) is 11.5 Å². The highest BCUT2D eigenvalue weighted by atomic mass is 19.1. The highest BCUT2D eigenvalue weighted by Gasteiger charge is 2.05. The zero-order valence-corrected chi connectivity index (χ0v) is 13.2. The predicted octanol–water partition coefficient (Wildman–Crippen LogP) is 4.52. The maximum atomic E-state index is 12.9. The Bertz CT molecular complexity index is 690. The average Bonchev–Trinajstić information content (AvgIpc) is 2.58. The molecule has 0 atom stereocenters. The van der Waals surface area contributed by atoms with E-state index in [2.05, 4.69) is 0 Å². The molecule has 0 N–H and O–H groups in total. The summed E-state index contributed by atoms with van der Waals surface area (Å²) in [6.45, 7) is 2.62. The molecule has 0 aromatic heterocycles. The van der Waals surface area contributed by atoms with Crippen LogP contribution in [0.3, 0.4) is 0 Å². The van der Waals surface area contributed by atoms with Crippen LogP contribution in [0.5, 0.6) is 11.5 Å². The highest BCUT2D eigenvalue weighted by molar-refractivity contribution is 6.06. The number of ketones is 1. The molecule has 2 aromatic rings. The Balaban J connectivity index is 2.15. The molecule has 2 aromatic carbocycles. The Labute approximate surface area is 135 Å². The SMILES string of the molecule is CCCOc1cc(C=CC(=O)c2ccc(F)cc2)ccc1OC. The quantitative estimate of drug-likeness (QED) is 0.557. The fraction of sp³-hybridized carbons (Fsp3) is 0.211. The van der Waals surface area contributed by atoms with Crippen molar-refractivity contribution in [1.29, 1.82) is 0 Å². The zero-order chi connectivity index (χ0) is 16.7. The molecule has 0 aliphatic heterocycles. The van der Waals surface area contributed by atoms with Gasteiger partial charge in [-0.05, 0) is 54.5 Å². The van der Waals surface area contributed by atoms with Gasteiger partial charge in [0.15, 0.2) is 17.3 Å². The zero-order valence-electron chi connectivity index (χ0n) is 13.2. The Morgan fingerprint density at radius 1 is 1.13 bits per heavy atom. The smallest absolute Gasteiger partial charge is 0.185 e. The van der Waals surface area contributed by atoms with Crippen molar-refractivity contribution in [2.45, 2.75) is 13.3 Å². The lowest BCUT2D eigenvalue weighted by atomic mass is 10.1. The second kappa shape index (κ2) is 8.13. The van der Waals surface area contributed by atoms with Gasteiger partial charge in [0.2, 0.25) is 0 Å². The minimum absolute atomic E-state index is 0.183. The summed E-state index contributed by atoms with van der Waals surface area (Å²) < 4.78 is 23.8. The molecule has 0 fully saturated rings. The third-order valence-corrected chi connectivity index (χ3v) is 3.21. The van der Waals surface area contributed by atoms with Gasteiger partial charge in [0.25, 0.3) is 0 Å². The van der Waals surface area contributed by atoms with Gasteiger partial charge in [0, 0.05) is 5.56 Å². The van der Waals surface area contributed by atoms with Gasteiger partial charge >= 0.3 is 0 Å². The molecule has 0 bridgehead atoms. The first-order valence-corrected chi connectivity index (χ1v) is 7.43. The molecule has 4 heteroatoms. The number of ether oxygens (including phenoxy) is 2. The third-order valence-electron chi connectivity index (χ3n) is 3.21. The Morgan fingerprint density at radius 3 is 2.52 bits per heavy atom. The number of methoxy groups -OCH3 is 1. The molecule has 0 amide bonds. The summed E-state index contributed by atoms with van der Waals surface area (Å²) in [5.41, 5.74) is 1.27. The fourth-order valence-electron chi connectivity index (χ4n) is 2.00. The lowest BCUT2D eigenvalue weighted by molar-refractivity contribution is 0.104. The normalized spacial score (nSPS) is 10.7. The first kappa shape index (κ1) is 16.7. The van der Waals surface area contributed by atoms with Crippen LogP contribution in [0.25, 0.3) is 6.08 Å². The van der Waals surface area contributed by atoms with Gasteiger partial charge < -0.3 is 9.47 Å². The molecule has 3 nitrogen and oxygen atoms in total. The van der Waals surface area contributed by atoms with Crippen molar-refractivity contribution < 1.29 is 18.7 Å². The van der Waals surface area contributed by atoms with E-state index < -0.39 is 0 Å². The van der Waals surface area contributed by atoms with Crippen molar-refractivity contribution in [2.75, 3.05) is 13.7 Å². The number of benzene rings is 2. The van der Waals surface area contributed by atoms with Gasteiger partial charge in [-0.15, -0.1) is 0 Å². The molecular formula is C19H19FO3. The van der Waals surface area contributed by atoms with E-state index in [-0.39, 0.29) is 11.6 Å². The predicted molar refractivity (Wildman–Crippen MR) is 88.5 cm³/mol. The second-order valence-corrected chi connectivity index (χ2v) is 4.96. The van der Waals surface area contributed by atoms with Crippen LogP contribution >= 0.6 is 0 Å². The van der Waals surface area contributed by atoms with Crippen molar-refractivity contribution >= 4 is 11.9 Å². The average molecular weight is 314 g/mol. The van der Waals surface area contributed by atoms with Gasteiger partial charge in [-0.3, -0.25) is 4.79 Å². The number of allylic oxidation sites excluding steroid dienone is 1. The van der Waals surface area contributed by atoms with Crippen molar-refractivity contribution in [1.82, 2.24) is 0 Å². The van der Waals surface area contributed by atoms with Gasteiger partial charge in [-0.2, -0.15) is 0 Å². The van der Waals surface area contributed by atoms with E-state index in [0.29, 0.717) is 23.7 Å². The van der Waals surface area contributed by atoms with Gasteiger partial charge in [-0.1, -0.05) is 19.1 Å². The lowest BCUT2D eigenvalue weighted by Gasteiger charge is -2.10. The van der Waals surface area contributed by atoms with Crippen LogP contribution in [0.2, 0.25) is 0 Å². The highest BCUT2D eigenvalue weighted by Crippen LogP contribution is 2.28.